The molecule has 0 bridgehead atoms. The zero-order chi connectivity index (χ0) is 13.0. The van der Waals surface area contributed by atoms with E-state index in [0.29, 0.717) is 15.0 Å². The van der Waals surface area contributed by atoms with E-state index in [0.717, 1.165) is 10.7 Å². The van der Waals surface area contributed by atoms with E-state index in [1.807, 2.05) is 6.07 Å². The average Bonchev–Trinajstić information content (AvgIpc) is 2.78. The summed E-state index contributed by atoms with van der Waals surface area (Å²) in [5.74, 6) is 0.780. The summed E-state index contributed by atoms with van der Waals surface area (Å²) in [6.45, 7) is 6.69. The number of ether oxygens (including phenoxy) is 1. The second kappa shape index (κ2) is 6.40. The molecule has 3 atom stereocenters. The molecular formula is C15H21NOSe. The minimum absolute atomic E-state index is 0.125. The van der Waals surface area contributed by atoms with Crippen molar-refractivity contribution in [1.29, 1.82) is 0 Å². The number of hydrogen-bond acceptors (Lipinski definition) is 2. The summed E-state index contributed by atoms with van der Waals surface area (Å²) < 4.78 is 6.03. The molecule has 0 N–H and O–H groups in total. The summed E-state index contributed by atoms with van der Waals surface area (Å²) in [5.41, 5.74) is 1.24. The summed E-state index contributed by atoms with van der Waals surface area (Å²) in [5, 5.41) is 1.23. The molecule has 3 heteroatoms. The zero-order valence-electron chi connectivity index (χ0n) is 11.3. The predicted molar refractivity (Wildman–Crippen MR) is 77.2 cm³/mol. The SMILES string of the molecule is CCC(C)C[Se]C1=N[C@@H](C)[C@@H](c2ccccc2)O1. The van der Waals surface area contributed by atoms with Crippen LogP contribution in [0.25, 0.3) is 0 Å². The van der Waals surface area contributed by atoms with Gasteiger partial charge in [-0.05, 0) is 0 Å². The van der Waals surface area contributed by atoms with Crippen LogP contribution in [0, 0.1) is 5.92 Å². The molecule has 2 rings (SSSR count). The van der Waals surface area contributed by atoms with Gasteiger partial charge in [-0.1, -0.05) is 0 Å². The molecule has 0 amide bonds. The Morgan fingerprint density at radius 1 is 1.33 bits per heavy atom. The Hall–Kier alpha value is -0.791. The number of nitrogens with zero attached hydrogens (tertiary/aromatic N) is 1. The van der Waals surface area contributed by atoms with Gasteiger partial charge in [0, 0.05) is 0 Å². The van der Waals surface area contributed by atoms with Gasteiger partial charge >= 0.3 is 116 Å². The first-order valence-corrected chi connectivity index (χ1v) is 8.69. The number of aliphatic imine (C=N–C) groups is 1. The fourth-order valence-corrected chi connectivity index (χ4v) is 4.12. The normalized spacial score (nSPS) is 24.5. The number of hydrogen-bond donors (Lipinski definition) is 0. The van der Waals surface area contributed by atoms with Gasteiger partial charge in [0.15, 0.2) is 0 Å². The number of rotatable bonds is 5. The molecule has 18 heavy (non-hydrogen) atoms. The summed E-state index contributed by atoms with van der Waals surface area (Å²) in [7, 11) is 0. The van der Waals surface area contributed by atoms with Crippen molar-refractivity contribution in [1.82, 2.24) is 0 Å². The predicted octanol–water partition coefficient (Wildman–Crippen LogP) is 3.67. The molecule has 2 nitrogen and oxygen atoms in total. The minimum atomic E-state index is 0.125. The van der Waals surface area contributed by atoms with Gasteiger partial charge in [-0.15, -0.1) is 0 Å². The summed E-state index contributed by atoms with van der Waals surface area (Å²) in [4.78, 5) is 5.68. The van der Waals surface area contributed by atoms with E-state index in [9.17, 15) is 0 Å². The second-order valence-electron chi connectivity index (χ2n) is 4.91. The molecule has 0 saturated carbocycles. The van der Waals surface area contributed by atoms with Gasteiger partial charge in [-0.2, -0.15) is 0 Å². The fourth-order valence-electron chi connectivity index (χ4n) is 1.86. The summed E-state index contributed by atoms with van der Waals surface area (Å²) >= 11 is 0.396. The Morgan fingerprint density at radius 3 is 2.72 bits per heavy atom. The van der Waals surface area contributed by atoms with Crippen LogP contribution in [0.2, 0.25) is 5.32 Å². The first-order valence-electron chi connectivity index (χ1n) is 6.63. The van der Waals surface area contributed by atoms with Crippen LogP contribution < -0.4 is 0 Å². The molecule has 0 fully saturated rings. The first-order chi connectivity index (χ1) is 8.70. The van der Waals surface area contributed by atoms with Crippen molar-refractivity contribution in [3.05, 3.63) is 35.9 Å². The van der Waals surface area contributed by atoms with Gasteiger partial charge in [-0.25, -0.2) is 0 Å². The van der Waals surface area contributed by atoms with E-state index in [-0.39, 0.29) is 12.1 Å². The molecule has 0 spiro atoms. The maximum absolute atomic E-state index is 6.03. The van der Waals surface area contributed by atoms with Crippen LogP contribution >= 0.6 is 0 Å². The fraction of sp³-hybridized carbons (Fsp3) is 0.533. The van der Waals surface area contributed by atoms with Crippen LogP contribution in [0.5, 0.6) is 0 Å². The van der Waals surface area contributed by atoms with Crippen molar-refractivity contribution in [2.45, 2.75) is 44.7 Å². The molecular weight excluding hydrogens is 289 g/mol. The Labute approximate surface area is 116 Å². The molecule has 1 aliphatic rings. The molecule has 1 aromatic rings. The van der Waals surface area contributed by atoms with Crippen LogP contribution in [0.4, 0.5) is 0 Å². The van der Waals surface area contributed by atoms with Crippen molar-refractivity contribution in [2.24, 2.45) is 10.9 Å². The summed E-state index contributed by atoms with van der Waals surface area (Å²) in [6.07, 6.45) is 1.37. The van der Waals surface area contributed by atoms with E-state index >= 15 is 0 Å². The number of benzene rings is 1. The second-order valence-corrected chi connectivity index (χ2v) is 6.95. The quantitative estimate of drug-likeness (QED) is 0.760. The molecule has 1 unspecified atom stereocenters. The van der Waals surface area contributed by atoms with Crippen LogP contribution in [0.3, 0.4) is 0 Å². The van der Waals surface area contributed by atoms with Gasteiger partial charge in [0.05, 0.1) is 0 Å². The van der Waals surface area contributed by atoms with Crippen LogP contribution in [-0.4, -0.2) is 25.8 Å². The van der Waals surface area contributed by atoms with Gasteiger partial charge in [0.25, 0.3) is 0 Å². The standard InChI is InChI=1S/C15H21NOSe/c1-4-11(2)10-18-15-16-12(3)14(17-15)13-8-6-5-7-9-13/h5-9,11-12,14H,4,10H2,1-3H3/t11?,12-,14-/m0/s1. The van der Waals surface area contributed by atoms with Crippen LogP contribution in [0.15, 0.2) is 35.3 Å². The van der Waals surface area contributed by atoms with Crippen molar-refractivity contribution < 1.29 is 4.74 Å². The zero-order valence-corrected chi connectivity index (χ0v) is 13.0. The van der Waals surface area contributed by atoms with E-state index in [1.54, 1.807) is 0 Å². The van der Waals surface area contributed by atoms with Crippen molar-refractivity contribution in [3.63, 3.8) is 0 Å². The van der Waals surface area contributed by atoms with Crippen molar-refractivity contribution in [2.75, 3.05) is 0 Å². The Balaban J connectivity index is 1.93. The Bertz CT molecular complexity index is 404. The molecule has 1 aromatic carbocycles. The average molecular weight is 310 g/mol. The molecule has 98 valence electrons. The van der Waals surface area contributed by atoms with Crippen molar-refractivity contribution >= 4 is 19.8 Å². The van der Waals surface area contributed by atoms with Crippen LogP contribution in [0.1, 0.15) is 38.9 Å². The molecule has 1 heterocycles. The Kier molecular flexibility index (Phi) is 4.85. The molecule has 1 aliphatic heterocycles. The van der Waals surface area contributed by atoms with Gasteiger partial charge in [-0.3, -0.25) is 0 Å². The molecule has 0 saturated heterocycles. The topological polar surface area (TPSA) is 21.6 Å². The van der Waals surface area contributed by atoms with E-state index in [2.05, 4.69) is 50.0 Å². The summed E-state index contributed by atoms with van der Waals surface area (Å²) in [6, 6.07) is 10.7. The first kappa shape index (κ1) is 13.6. The van der Waals surface area contributed by atoms with Gasteiger partial charge < -0.3 is 0 Å². The third-order valence-corrected chi connectivity index (χ3v) is 5.78. The third kappa shape index (κ3) is 3.36. The third-order valence-electron chi connectivity index (χ3n) is 3.29. The molecule has 0 radical (unpaired) electrons. The van der Waals surface area contributed by atoms with E-state index < -0.39 is 0 Å². The molecule has 0 aromatic heterocycles. The van der Waals surface area contributed by atoms with Gasteiger partial charge in [0.2, 0.25) is 0 Å². The monoisotopic (exact) mass is 311 g/mol. The van der Waals surface area contributed by atoms with Crippen LogP contribution in [-0.2, 0) is 4.74 Å². The Morgan fingerprint density at radius 2 is 2.06 bits per heavy atom. The van der Waals surface area contributed by atoms with Crippen molar-refractivity contribution in [3.8, 4) is 0 Å². The van der Waals surface area contributed by atoms with Gasteiger partial charge in [0.1, 0.15) is 0 Å². The van der Waals surface area contributed by atoms with E-state index in [4.69, 9.17) is 4.74 Å². The maximum atomic E-state index is 6.03. The van der Waals surface area contributed by atoms with E-state index in [1.165, 1.54) is 17.3 Å². The molecule has 0 aliphatic carbocycles.